The van der Waals surface area contributed by atoms with E-state index in [4.69, 9.17) is 16.9 Å². The van der Waals surface area contributed by atoms with Gasteiger partial charge in [0.15, 0.2) is 0 Å². The van der Waals surface area contributed by atoms with E-state index in [1.807, 2.05) is 19.1 Å². The molecule has 0 atom stereocenters. The molecule has 0 unspecified atom stereocenters. The highest BCUT2D eigenvalue weighted by atomic mass is 127. The quantitative estimate of drug-likeness (QED) is 0.728. The molecule has 0 saturated heterocycles. The fourth-order valence-electron chi connectivity index (χ4n) is 0.985. The lowest BCUT2D eigenvalue weighted by Gasteiger charge is -2.05. The first-order chi connectivity index (χ1) is 5.66. The van der Waals surface area contributed by atoms with E-state index in [-0.39, 0.29) is 0 Å². The van der Waals surface area contributed by atoms with Gasteiger partial charge in [0.05, 0.1) is 17.5 Å². The number of hydrogen-bond acceptors (Lipinski definition) is 1. The summed E-state index contributed by atoms with van der Waals surface area (Å²) in [6.45, 7) is 1.97. The first-order valence-corrected chi connectivity index (χ1v) is 4.93. The van der Waals surface area contributed by atoms with Crippen molar-refractivity contribution in [2.45, 2.75) is 13.3 Å². The molecule has 1 aromatic carbocycles. The topological polar surface area (TPSA) is 23.8 Å². The van der Waals surface area contributed by atoms with Crippen molar-refractivity contribution in [3.05, 3.63) is 31.9 Å². The number of nitriles is 1. The van der Waals surface area contributed by atoms with E-state index < -0.39 is 0 Å². The van der Waals surface area contributed by atoms with Crippen molar-refractivity contribution in [2.24, 2.45) is 0 Å². The Morgan fingerprint density at radius 3 is 2.83 bits per heavy atom. The van der Waals surface area contributed by atoms with Crippen LogP contribution < -0.4 is 0 Å². The SMILES string of the molecule is Cc1ccc(I)c(Cl)c1CC#N. The highest BCUT2D eigenvalue weighted by Crippen LogP contribution is 2.25. The number of rotatable bonds is 1. The van der Waals surface area contributed by atoms with Gasteiger partial charge in [-0.3, -0.25) is 0 Å². The number of benzene rings is 1. The van der Waals surface area contributed by atoms with Crippen LogP contribution in [0.15, 0.2) is 12.1 Å². The van der Waals surface area contributed by atoms with Gasteiger partial charge in [0, 0.05) is 3.57 Å². The molecule has 12 heavy (non-hydrogen) atoms. The summed E-state index contributed by atoms with van der Waals surface area (Å²) in [7, 11) is 0. The van der Waals surface area contributed by atoms with Crippen LogP contribution in [0.1, 0.15) is 11.1 Å². The van der Waals surface area contributed by atoms with E-state index in [1.165, 1.54) is 0 Å². The second-order valence-electron chi connectivity index (χ2n) is 2.49. The normalized spacial score (nSPS) is 9.50. The minimum atomic E-state index is 0.390. The maximum absolute atomic E-state index is 8.55. The maximum atomic E-state index is 8.55. The molecule has 0 N–H and O–H groups in total. The van der Waals surface area contributed by atoms with Gasteiger partial charge in [-0.15, -0.1) is 0 Å². The Morgan fingerprint density at radius 1 is 1.58 bits per heavy atom. The molecule has 0 bridgehead atoms. The highest BCUT2D eigenvalue weighted by Gasteiger charge is 2.06. The third-order valence-electron chi connectivity index (χ3n) is 1.69. The monoisotopic (exact) mass is 291 g/mol. The minimum Gasteiger partial charge on any atom is -0.198 e. The van der Waals surface area contributed by atoms with Gasteiger partial charge in [-0.1, -0.05) is 17.7 Å². The summed E-state index contributed by atoms with van der Waals surface area (Å²) >= 11 is 8.18. The van der Waals surface area contributed by atoms with Crippen LogP contribution in [-0.2, 0) is 6.42 Å². The molecule has 0 saturated carbocycles. The van der Waals surface area contributed by atoms with E-state index in [1.54, 1.807) is 0 Å². The van der Waals surface area contributed by atoms with Crippen LogP contribution in [0, 0.1) is 21.8 Å². The molecule has 0 aliphatic carbocycles. The lowest BCUT2D eigenvalue weighted by molar-refractivity contribution is 1.21. The average molecular weight is 292 g/mol. The molecule has 62 valence electrons. The molecule has 0 fully saturated rings. The molecule has 1 aromatic rings. The number of nitrogens with zero attached hydrogens (tertiary/aromatic N) is 1. The Kier molecular flexibility index (Phi) is 3.36. The van der Waals surface area contributed by atoms with Gasteiger partial charge in [0.25, 0.3) is 0 Å². The lowest BCUT2D eigenvalue weighted by atomic mass is 10.1. The van der Waals surface area contributed by atoms with Crippen molar-refractivity contribution in [2.75, 3.05) is 0 Å². The number of halogens is 2. The predicted octanol–water partition coefficient (Wildman–Crippen LogP) is 3.32. The third-order valence-corrected chi connectivity index (χ3v) is 3.34. The number of hydrogen-bond donors (Lipinski definition) is 0. The van der Waals surface area contributed by atoms with E-state index in [9.17, 15) is 0 Å². The second kappa shape index (κ2) is 4.11. The predicted molar refractivity (Wildman–Crippen MR) is 58.2 cm³/mol. The molecule has 0 spiro atoms. The highest BCUT2D eigenvalue weighted by molar-refractivity contribution is 14.1. The van der Waals surface area contributed by atoms with Crippen LogP contribution >= 0.6 is 34.2 Å². The molecule has 0 heterocycles. The summed E-state index contributed by atoms with van der Waals surface area (Å²) in [5.41, 5.74) is 2.04. The molecule has 0 aliphatic heterocycles. The van der Waals surface area contributed by atoms with Gasteiger partial charge >= 0.3 is 0 Å². The van der Waals surface area contributed by atoms with Crippen LogP contribution in [0.25, 0.3) is 0 Å². The Hall–Kier alpha value is -0.270. The van der Waals surface area contributed by atoms with E-state index in [2.05, 4.69) is 28.7 Å². The van der Waals surface area contributed by atoms with Crippen molar-refractivity contribution < 1.29 is 0 Å². The summed E-state index contributed by atoms with van der Waals surface area (Å²) in [6.07, 6.45) is 0.390. The molecular formula is C9H7ClIN. The van der Waals surface area contributed by atoms with Crippen LogP contribution in [-0.4, -0.2) is 0 Å². The molecule has 0 aliphatic rings. The fourth-order valence-corrected chi connectivity index (χ4v) is 1.77. The van der Waals surface area contributed by atoms with Crippen LogP contribution in [0.3, 0.4) is 0 Å². The zero-order chi connectivity index (χ0) is 9.14. The van der Waals surface area contributed by atoms with Gasteiger partial charge in [-0.05, 0) is 46.7 Å². The molecular weight excluding hydrogens is 284 g/mol. The largest absolute Gasteiger partial charge is 0.198 e. The van der Waals surface area contributed by atoms with Gasteiger partial charge in [-0.25, -0.2) is 0 Å². The lowest BCUT2D eigenvalue weighted by Crippen LogP contribution is -1.90. The van der Waals surface area contributed by atoms with Crippen LogP contribution in [0.4, 0.5) is 0 Å². The Morgan fingerprint density at radius 2 is 2.25 bits per heavy atom. The van der Waals surface area contributed by atoms with Crippen LogP contribution in [0.2, 0.25) is 5.02 Å². The van der Waals surface area contributed by atoms with Gasteiger partial charge in [-0.2, -0.15) is 5.26 Å². The zero-order valence-electron chi connectivity index (χ0n) is 6.56. The molecule has 3 heteroatoms. The molecule has 0 amide bonds. The number of aryl methyl sites for hydroxylation is 1. The molecule has 1 nitrogen and oxygen atoms in total. The summed E-state index contributed by atoms with van der Waals surface area (Å²) in [4.78, 5) is 0. The second-order valence-corrected chi connectivity index (χ2v) is 4.03. The molecule has 0 radical (unpaired) electrons. The summed E-state index contributed by atoms with van der Waals surface area (Å²) in [5.74, 6) is 0. The summed E-state index contributed by atoms with van der Waals surface area (Å²) in [6, 6.07) is 6.05. The Balaban J connectivity index is 3.25. The summed E-state index contributed by atoms with van der Waals surface area (Å²) in [5, 5.41) is 9.27. The van der Waals surface area contributed by atoms with E-state index in [0.717, 1.165) is 19.7 Å². The van der Waals surface area contributed by atoms with Crippen molar-refractivity contribution in [3.8, 4) is 6.07 Å². The van der Waals surface area contributed by atoms with Crippen molar-refractivity contribution in [3.63, 3.8) is 0 Å². The van der Waals surface area contributed by atoms with Crippen molar-refractivity contribution in [1.82, 2.24) is 0 Å². The van der Waals surface area contributed by atoms with Gasteiger partial charge in [0.1, 0.15) is 0 Å². The Bertz CT molecular complexity index is 341. The fraction of sp³-hybridized carbons (Fsp3) is 0.222. The first kappa shape index (κ1) is 9.82. The van der Waals surface area contributed by atoms with Crippen molar-refractivity contribution >= 4 is 34.2 Å². The van der Waals surface area contributed by atoms with Gasteiger partial charge < -0.3 is 0 Å². The Labute approximate surface area is 90.5 Å². The third kappa shape index (κ3) is 1.90. The van der Waals surface area contributed by atoms with E-state index >= 15 is 0 Å². The summed E-state index contributed by atoms with van der Waals surface area (Å²) < 4.78 is 1.00. The average Bonchev–Trinajstić information content (AvgIpc) is 2.06. The first-order valence-electron chi connectivity index (χ1n) is 3.47. The van der Waals surface area contributed by atoms with Gasteiger partial charge in [0.2, 0.25) is 0 Å². The molecule has 0 aromatic heterocycles. The van der Waals surface area contributed by atoms with Crippen molar-refractivity contribution in [1.29, 1.82) is 5.26 Å². The standard InChI is InChI=1S/C9H7ClIN/c1-6-2-3-8(11)9(10)7(6)4-5-12/h2-3H,4H2,1H3. The minimum absolute atomic E-state index is 0.390. The maximum Gasteiger partial charge on any atom is 0.0670 e. The zero-order valence-corrected chi connectivity index (χ0v) is 9.48. The van der Waals surface area contributed by atoms with Crippen LogP contribution in [0.5, 0.6) is 0 Å². The molecule has 1 rings (SSSR count). The smallest absolute Gasteiger partial charge is 0.0670 e. The van der Waals surface area contributed by atoms with E-state index in [0.29, 0.717) is 6.42 Å².